The molecule has 0 aliphatic rings. The Morgan fingerprint density at radius 1 is 1.14 bits per heavy atom. The lowest BCUT2D eigenvalue weighted by Crippen LogP contribution is -2.33. The van der Waals surface area contributed by atoms with E-state index in [9.17, 15) is 14.4 Å². The van der Waals surface area contributed by atoms with Gasteiger partial charge in [-0.2, -0.15) is 0 Å². The van der Waals surface area contributed by atoms with Crippen molar-refractivity contribution in [2.75, 3.05) is 6.61 Å². The Bertz CT molecular complexity index is 540. The Morgan fingerprint density at radius 3 is 2.19 bits per heavy atom. The summed E-state index contributed by atoms with van der Waals surface area (Å²) in [6.45, 7) is 3.29. The van der Waals surface area contributed by atoms with Gasteiger partial charge in [0.05, 0.1) is 6.61 Å². The van der Waals surface area contributed by atoms with Crippen molar-refractivity contribution in [2.45, 2.75) is 30.4 Å². The number of benzene rings is 1. The number of thioether (sulfide) groups is 1. The molecule has 0 aliphatic heterocycles. The van der Waals surface area contributed by atoms with Gasteiger partial charge in [-0.1, -0.05) is 30.1 Å². The fourth-order valence-corrected chi connectivity index (χ4v) is 3.31. The van der Waals surface area contributed by atoms with Crippen LogP contribution < -0.4 is 0 Å². The van der Waals surface area contributed by atoms with Crippen LogP contribution in [0.5, 0.6) is 0 Å². The summed E-state index contributed by atoms with van der Waals surface area (Å²) in [6.07, 6.45) is 0.136. The molecule has 0 saturated carbocycles. The highest BCUT2D eigenvalue weighted by molar-refractivity contribution is 8.01. The van der Waals surface area contributed by atoms with E-state index >= 15 is 0 Å². The van der Waals surface area contributed by atoms with E-state index in [1.165, 1.54) is 6.07 Å². The number of hydrogen-bond acceptors (Lipinski definition) is 5. The number of hydrogen-bond donors (Lipinski definition) is 0. The van der Waals surface area contributed by atoms with Gasteiger partial charge < -0.3 is 4.74 Å². The molecule has 1 aromatic rings. The smallest absolute Gasteiger partial charge is 0.376 e. The van der Waals surface area contributed by atoms with Crippen molar-refractivity contribution in [2.24, 2.45) is 0 Å². The number of esters is 1. The monoisotopic (exact) mass is 348 g/mol. The Morgan fingerprint density at radius 2 is 1.71 bits per heavy atom. The van der Waals surface area contributed by atoms with Gasteiger partial charge in [0.15, 0.2) is 5.78 Å². The maximum absolute atomic E-state index is 12.0. The molecule has 7 heteroatoms. The molecular formula is C14H14Cl2O4S. The van der Waals surface area contributed by atoms with Crippen LogP contribution >= 0.6 is 35.0 Å². The van der Waals surface area contributed by atoms with Gasteiger partial charge in [0.2, 0.25) is 0 Å². The van der Waals surface area contributed by atoms with Gasteiger partial charge in [-0.15, -0.1) is 11.8 Å². The highest BCUT2D eigenvalue weighted by atomic mass is 35.5. The van der Waals surface area contributed by atoms with Crippen LogP contribution in [0.15, 0.2) is 23.1 Å². The average molecular weight is 349 g/mol. The van der Waals surface area contributed by atoms with Crippen LogP contribution in [0.3, 0.4) is 0 Å². The standard InChI is InChI=1S/C14H14Cl2O4S/c1-3-11(17)13(12(18)14(19)20-4-2)21-10-6-8(15)5-9(16)7-10/h5-7,13H,3-4H2,1-2H3. The molecule has 114 valence electrons. The third-order valence-corrected chi connectivity index (χ3v) is 4.10. The van der Waals surface area contributed by atoms with Crippen molar-refractivity contribution in [3.8, 4) is 0 Å². The molecule has 1 unspecified atom stereocenters. The highest BCUT2D eigenvalue weighted by Gasteiger charge is 2.32. The molecule has 1 aromatic carbocycles. The summed E-state index contributed by atoms with van der Waals surface area (Å²) in [4.78, 5) is 36.0. The molecule has 1 atom stereocenters. The second-order valence-electron chi connectivity index (χ2n) is 4.01. The lowest BCUT2D eigenvalue weighted by molar-refractivity contribution is -0.154. The maximum Gasteiger partial charge on any atom is 0.376 e. The van der Waals surface area contributed by atoms with Crippen LogP contribution in [-0.2, 0) is 19.1 Å². The van der Waals surface area contributed by atoms with E-state index in [1.54, 1.807) is 26.0 Å². The second kappa shape index (κ2) is 8.41. The lowest BCUT2D eigenvalue weighted by Gasteiger charge is -2.13. The molecule has 0 fully saturated rings. The minimum atomic E-state index is -1.15. The molecule has 1 rings (SSSR count). The zero-order chi connectivity index (χ0) is 16.0. The Labute approximate surface area is 137 Å². The molecule has 0 spiro atoms. The van der Waals surface area contributed by atoms with Crippen molar-refractivity contribution in [1.82, 2.24) is 0 Å². The Balaban J connectivity index is 3.00. The summed E-state index contributed by atoms with van der Waals surface area (Å²) in [7, 11) is 0. The van der Waals surface area contributed by atoms with E-state index in [0.717, 1.165) is 11.8 Å². The van der Waals surface area contributed by atoms with Crippen LogP contribution in [0.1, 0.15) is 20.3 Å². The highest BCUT2D eigenvalue weighted by Crippen LogP contribution is 2.30. The van der Waals surface area contributed by atoms with Gasteiger partial charge in [-0.3, -0.25) is 9.59 Å². The minimum Gasteiger partial charge on any atom is -0.460 e. The van der Waals surface area contributed by atoms with Crippen molar-refractivity contribution >= 4 is 52.5 Å². The third-order valence-electron chi connectivity index (χ3n) is 2.45. The number of ether oxygens (including phenoxy) is 1. The zero-order valence-electron chi connectivity index (χ0n) is 11.5. The number of Topliss-reactive ketones (excluding diaryl/α,β-unsaturated/α-hetero) is 2. The van der Waals surface area contributed by atoms with Crippen LogP contribution in [0.2, 0.25) is 10.0 Å². The van der Waals surface area contributed by atoms with E-state index in [2.05, 4.69) is 4.74 Å². The first-order chi connectivity index (χ1) is 9.88. The molecule has 4 nitrogen and oxygen atoms in total. The normalized spacial score (nSPS) is 11.8. The fraction of sp³-hybridized carbons (Fsp3) is 0.357. The molecule has 0 radical (unpaired) electrons. The summed E-state index contributed by atoms with van der Waals surface area (Å²) in [6, 6.07) is 4.69. The number of carbonyl (C=O) groups is 3. The van der Waals surface area contributed by atoms with Crippen molar-refractivity contribution in [3.05, 3.63) is 28.2 Å². The minimum absolute atomic E-state index is 0.0747. The SMILES string of the molecule is CCOC(=O)C(=O)C(Sc1cc(Cl)cc(Cl)c1)C(=O)CC. The molecular weight excluding hydrogens is 335 g/mol. The molecule has 0 aromatic heterocycles. The third kappa shape index (κ3) is 5.34. The van der Waals surface area contributed by atoms with Crippen molar-refractivity contribution in [1.29, 1.82) is 0 Å². The van der Waals surface area contributed by atoms with Crippen molar-refractivity contribution < 1.29 is 19.1 Å². The van der Waals surface area contributed by atoms with E-state index in [1.807, 2.05) is 0 Å². The molecule has 0 saturated heterocycles. The molecule has 0 N–H and O–H groups in total. The van der Waals surface area contributed by atoms with Gasteiger partial charge in [0, 0.05) is 21.4 Å². The topological polar surface area (TPSA) is 60.4 Å². The molecule has 0 aliphatic carbocycles. The zero-order valence-corrected chi connectivity index (χ0v) is 13.8. The Hall–Kier alpha value is -1.04. The number of ketones is 2. The number of carbonyl (C=O) groups excluding carboxylic acids is 3. The molecule has 0 bridgehead atoms. The van der Waals surface area contributed by atoms with Crippen LogP contribution in [0.4, 0.5) is 0 Å². The van der Waals surface area contributed by atoms with E-state index in [4.69, 9.17) is 23.2 Å². The van der Waals surface area contributed by atoms with Gasteiger partial charge >= 0.3 is 5.97 Å². The van der Waals surface area contributed by atoms with E-state index in [-0.39, 0.29) is 18.8 Å². The first-order valence-electron chi connectivity index (χ1n) is 6.25. The second-order valence-corrected chi connectivity index (χ2v) is 6.06. The van der Waals surface area contributed by atoms with Crippen molar-refractivity contribution in [3.63, 3.8) is 0 Å². The van der Waals surface area contributed by atoms with Gasteiger partial charge in [-0.05, 0) is 25.1 Å². The number of halogens is 2. The quantitative estimate of drug-likeness (QED) is 0.326. The predicted molar refractivity (Wildman–Crippen MR) is 83.0 cm³/mol. The summed E-state index contributed by atoms with van der Waals surface area (Å²) in [5.74, 6) is -2.23. The summed E-state index contributed by atoms with van der Waals surface area (Å²) >= 11 is 12.7. The van der Waals surface area contributed by atoms with Gasteiger partial charge in [-0.25, -0.2) is 4.79 Å². The largest absolute Gasteiger partial charge is 0.460 e. The Kier molecular flexibility index (Phi) is 7.22. The lowest BCUT2D eigenvalue weighted by atomic mass is 10.1. The van der Waals surface area contributed by atoms with Gasteiger partial charge in [0.1, 0.15) is 5.25 Å². The number of rotatable bonds is 7. The first-order valence-corrected chi connectivity index (χ1v) is 7.89. The maximum atomic E-state index is 12.0. The summed E-state index contributed by atoms with van der Waals surface area (Å²) in [5, 5.41) is -0.379. The summed E-state index contributed by atoms with van der Waals surface area (Å²) < 4.78 is 4.66. The molecule has 0 heterocycles. The van der Waals surface area contributed by atoms with Gasteiger partial charge in [0.25, 0.3) is 5.78 Å². The molecule has 21 heavy (non-hydrogen) atoms. The first kappa shape index (κ1) is 18.0. The van der Waals surface area contributed by atoms with Crippen LogP contribution in [0, 0.1) is 0 Å². The van der Waals surface area contributed by atoms with E-state index in [0.29, 0.717) is 14.9 Å². The molecule has 0 amide bonds. The van der Waals surface area contributed by atoms with E-state index < -0.39 is 17.0 Å². The predicted octanol–water partition coefficient (Wildman–Crippen LogP) is 3.57. The average Bonchev–Trinajstić information content (AvgIpc) is 2.42. The van der Waals surface area contributed by atoms with Crippen LogP contribution in [0.25, 0.3) is 0 Å². The fourth-order valence-electron chi connectivity index (χ4n) is 1.49. The summed E-state index contributed by atoms with van der Waals surface area (Å²) in [5.41, 5.74) is 0. The van der Waals surface area contributed by atoms with Crippen LogP contribution in [-0.4, -0.2) is 29.4 Å².